The van der Waals surface area contributed by atoms with Crippen molar-refractivity contribution in [2.75, 3.05) is 12.4 Å². The second-order valence-corrected chi connectivity index (χ2v) is 12.4. The van der Waals surface area contributed by atoms with E-state index in [-0.39, 0.29) is 34.1 Å². The Morgan fingerprint density at radius 1 is 1.12 bits per heavy atom. The van der Waals surface area contributed by atoms with Crippen molar-refractivity contribution in [1.82, 2.24) is 5.32 Å². The van der Waals surface area contributed by atoms with Gasteiger partial charge >= 0.3 is 0 Å². The normalized spacial score (nSPS) is 19.8. The number of sulfone groups is 1. The summed E-state index contributed by atoms with van der Waals surface area (Å²) in [5.41, 5.74) is -0.436. The highest BCUT2D eigenvalue weighted by atomic mass is 32.2. The van der Waals surface area contributed by atoms with Gasteiger partial charge in [-0.15, -0.1) is 0 Å². The van der Waals surface area contributed by atoms with Crippen molar-refractivity contribution in [2.45, 2.75) is 83.0 Å². The Kier molecular flexibility index (Phi) is 8.54. The van der Waals surface area contributed by atoms with Crippen LogP contribution in [0.15, 0.2) is 23.1 Å². The van der Waals surface area contributed by atoms with Crippen LogP contribution >= 0.6 is 0 Å². The molecule has 3 rings (SSSR count). The van der Waals surface area contributed by atoms with E-state index < -0.39 is 21.1 Å². The molecule has 2 aliphatic rings. The number of imide groups is 1. The molecule has 8 heteroatoms. The van der Waals surface area contributed by atoms with Crippen molar-refractivity contribution < 1.29 is 27.1 Å². The smallest absolute Gasteiger partial charge is 0.229 e. The molecule has 1 aromatic carbocycles. The molecule has 2 amide bonds. The summed E-state index contributed by atoms with van der Waals surface area (Å²) in [6.07, 6.45) is 8.42. The zero-order valence-electron chi connectivity index (χ0n) is 19.7. The van der Waals surface area contributed by atoms with Gasteiger partial charge in [-0.3, -0.25) is 14.9 Å². The molecule has 0 radical (unpaired) electrons. The van der Waals surface area contributed by atoms with E-state index in [0.29, 0.717) is 25.4 Å². The largest absolute Gasteiger partial charge is 0.490 e. The summed E-state index contributed by atoms with van der Waals surface area (Å²) in [6.45, 7) is 4.29. The predicted molar refractivity (Wildman–Crippen MR) is 124 cm³/mol. The lowest BCUT2D eigenvalue weighted by Gasteiger charge is -2.26. The lowest BCUT2D eigenvalue weighted by molar-refractivity contribution is -0.136. The van der Waals surface area contributed by atoms with Crippen LogP contribution in [0.5, 0.6) is 5.75 Å². The fraction of sp³-hybridized carbons (Fsp3) is 0.680. The number of unbranched alkanes of at least 4 members (excludes halogenated alkanes) is 2. The summed E-state index contributed by atoms with van der Waals surface area (Å²) in [4.78, 5) is 23.1. The SMILES string of the molecule is CC(C)(CCCCCC1CCC(=O)NC1=O)CS(=O)(=O)c1ccc(F)c(OCC2CCC2)c1. The maximum Gasteiger partial charge on any atom is 0.229 e. The first-order valence-electron chi connectivity index (χ1n) is 12.0. The first-order chi connectivity index (χ1) is 15.6. The van der Waals surface area contributed by atoms with Crippen molar-refractivity contribution in [3.63, 3.8) is 0 Å². The third-order valence-corrected chi connectivity index (χ3v) is 8.93. The second-order valence-electron chi connectivity index (χ2n) is 10.4. The van der Waals surface area contributed by atoms with Gasteiger partial charge in [-0.2, -0.15) is 0 Å². The molecule has 1 heterocycles. The van der Waals surface area contributed by atoms with Gasteiger partial charge in [-0.1, -0.05) is 39.5 Å². The van der Waals surface area contributed by atoms with Crippen LogP contribution in [-0.4, -0.2) is 32.6 Å². The Balaban J connectivity index is 1.46. The Bertz CT molecular complexity index is 956. The number of amides is 2. The highest BCUT2D eigenvalue weighted by Crippen LogP contribution is 2.32. The summed E-state index contributed by atoms with van der Waals surface area (Å²) < 4.78 is 45.7. The molecule has 2 fully saturated rings. The van der Waals surface area contributed by atoms with E-state index in [0.717, 1.165) is 51.4 Å². The van der Waals surface area contributed by atoms with Gasteiger partial charge < -0.3 is 4.74 Å². The summed E-state index contributed by atoms with van der Waals surface area (Å²) in [7, 11) is -3.59. The van der Waals surface area contributed by atoms with E-state index in [1.165, 1.54) is 18.2 Å². The summed E-state index contributed by atoms with van der Waals surface area (Å²) in [5, 5.41) is 2.39. The second kappa shape index (κ2) is 11.0. The van der Waals surface area contributed by atoms with E-state index >= 15 is 0 Å². The van der Waals surface area contributed by atoms with E-state index in [4.69, 9.17) is 4.74 Å². The topological polar surface area (TPSA) is 89.5 Å². The molecule has 1 saturated carbocycles. The van der Waals surface area contributed by atoms with Crippen LogP contribution in [0.4, 0.5) is 4.39 Å². The summed E-state index contributed by atoms with van der Waals surface area (Å²) in [6, 6.07) is 3.81. The van der Waals surface area contributed by atoms with Crippen molar-refractivity contribution in [3.05, 3.63) is 24.0 Å². The van der Waals surface area contributed by atoms with Crippen LogP contribution in [0.25, 0.3) is 0 Å². The number of rotatable bonds is 12. The number of piperidine rings is 1. The van der Waals surface area contributed by atoms with Crippen molar-refractivity contribution >= 4 is 21.7 Å². The first-order valence-corrected chi connectivity index (χ1v) is 13.7. The van der Waals surface area contributed by atoms with E-state index in [9.17, 15) is 22.4 Å². The number of nitrogens with one attached hydrogen (secondary N) is 1. The number of carbonyl (C=O) groups excluding carboxylic acids is 2. The fourth-order valence-corrected chi connectivity index (χ4v) is 6.41. The van der Waals surface area contributed by atoms with E-state index in [2.05, 4.69) is 5.32 Å². The highest BCUT2D eigenvalue weighted by Gasteiger charge is 2.29. The lowest BCUT2D eigenvalue weighted by atomic mass is 9.86. The van der Waals surface area contributed by atoms with Crippen LogP contribution < -0.4 is 10.1 Å². The number of hydrogen-bond acceptors (Lipinski definition) is 5. The van der Waals surface area contributed by atoms with Gasteiger partial charge in [-0.05, 0) is 55.6 Å². The molecule has 1 N–H and O–H groups in total. The van der Waals surface area contributed by atoms with Gasteiger partial charge in [0.15, 0.2) is 21.4 Å². The number of ether oxygens (including phenoxy) is 1. The Hall–Kier alpha value is -1.96. The average molecular weight is 482 g/mol. The molecule has 184 valence electrons. The van der Waals surface area contributed by atoms with Crippen LogP contribution in [0.3, 0.4) is 0 Å². The maximum absolute atomic E-state index is 14.1. The van der Waals surface area contributed by atoms with Gasteiger partial charge in [0.1, 0.15) is 0 Å². The van der Waals surface area contributed by atoms with Crippen LogP contribution in [0.2, 0.25) is 0 Å². The Labute approximate surface area is 196 Å². The number of carbonyl (C=O) groups is 2. The summed E-state index contributed by atoms with van der Waals surface area (Å²) >= 11 is 0. The maximum atomic E-state index is 14.1. The quantitative estimate of drug-likeness (QED) is 0.263. The molecule has 0 spiro atoms. The molecular formula is C25H36FNO5S. The van der Waals surface area contributed by atoms with Gasteiger partial charge in [0.05, 0.1) is 17.3 Å². The minimum Gasteiger partial charge on any atom is -0.490 e. The molecule has 33 heavy (non-hydrogen) atoms. The Morgan fingerprint density at radius 2 is 1.88 bits per heavy atom. The lowest BCUT2D eigenvalue weighted by Crippen LogP contribution is -2.40. The molecule has 1 unspecified atom stereocenters. The molecular weight excluding hydrogens is 445 g/mol. The zero-order chi connectivity index (χ0) is 24.1. The Morgan fingerprint density at radius 3 is 2.55 bits per heavy atom. The number of halogens is 1. The van der Waals surface area contributed by atoms with Crippen molar-refractivity contribution in [2.24, 2.45) is 17.3 Å². The van der Waals surface area contributed by atoms with Crippen LogP contribution in [-0.2, 0) is 19.4 Å². The van der Waals surface area contributed by atoms with Crippen molar-refractivity contribution in [1.29, 1.82) is 0 Å². The molecule has 1 atom stereocenters. The van der Waals surface area contributed by atoms with E-state index in [1.54, 1.807) is 0 Å². The number of benzene rings is 1. The van der Waals surface area contributed by atoms with E-state index in [1.807, 2.05) is 13.8 Å². The fourth-order valence-electron chi connectivity index (χ4n) is 4.51. The van der Waals surface area contributed by atoms with Gasteiger partial charge in [0.2, 0.25) is 11.8 Å². The van der Waals surface area contributed by atoms with Gasteiger partial charge in [-0.25, -0.2) is 12.8 Å². The average Bonchev–Trinajstić information content (AvgIpc) is 2.68. The minimum absolute atomic E-state index is 0.00855. The third kappa shape index (κ3) is 7.52. The minimum atomic E-state index is -3.59. The third-order valence-electron chi connectivity index (χ3n) is 6.80. The first kappa shape index (κ1) is 25.7. The summed E-state index contributed by atoms with van der Waals surface area (Å²) in [5.74, 6) is -0.599. The van der Waals surface area contributed by atoms with Crippen molar-refractivity contribution in [3.8, 4) is 5.75 Å². The molecule has 1 aliphatic carbocycles. The molecule has 0 aromatic heterocycles. The highest BCUT2D eigenvalue weighted by molar-refractivity contribution is 7.91. The molecule has 1 aromatic rings. The van der Waals surface area contributed by atoms with Crippen LogP contribution in [0.1, 0.15) is 78.1 Å². The molecule has 1 aliphatic heterocycles. The molecule has 0 bridgehead atoms. The number of hydrogen-bond donors (Lipinski definition) is 1. The standard InChI is InChI=1S/C25H36FNO5S/c1-25(2,14-5-3-4-9-19-10-13-23(28)27-24(19)29)17-33(30,31)20-11-12-21(26)22(15-20)32-16-18-7-6-8-18/h11-12,15,18-19H,3-10,13-14,16-17H2,1-2H3,(H,27,28,29). The predicted octanol–water partition coefficient (Wildman–Crippen LogP) is 4.81. The van der Waals surface area contributed by atoms with Gasteiger partial charge in [0.25, 0.3) is 0 Å². The zero-order valence-corrected chi connectivity index (χ0v) is 20.5. The monoisotopic (exact) mass is 481 g/mol. The van der Waals surface area contributed by atoms with Crippen LogP contribution in [0, 0.1) is 23.1 Å². The molecule has 1 saturated heterocycles. The molecule has 6 nitrogen and oxygen atoms in total. The van der Waals surface area contributed by atoms with Gasteiger partial charge in [0, 0.05) is 18.4 Å².